The number of likely N-dealkylation sites (N-methyl/N-ethyl adjacent to an activating group) is 1. The maximum absolute atomic E-state index is 3.76. The number of nitrogens with one attached hydrogen (secondary N) is 1. The third-order valence-corrected chi connectivity index (χ3v) is 4.47. The zero-order chi connectivity index (χ0) is 15.2. The lowest BCUT2D eigenvalue weighted by Crippen LogP contribution is -2.32. The Morgan fingerprint density at radius 3 is 2.52 bits per heavy atom. The molecule has 0 spiro atoms. The van der Waals surface area contributed by atoms with Gasteiger partial charge in [0, 0.05) is 36.7 Å². The van der Waals surface area contributed by atoms with Crippen LogP contribution in [-0.4, -0.2) is 44.7 Å². The molecule has 0 aromatic heterocycles. The molecule has 0 radical (unpaired) electrons. The van der Waals surface area contributed by atoms with Crippen molar-refractivity contribution in [2.75, 3.05) is 38.6 Å². The molecule has 0 heterocycles. The van der Waals surface area contributed by atoms with Gasteiger partial charge < -0.3 is 15.1 Å². The molecule has 2 rings (SSSR count). The molecule has 1 aliphatic rings. The molecule has 1 N–H and O–H groups in total. The normalized spacial score (nSPS) is 14.7. The highest BCUT2D eigenvalue weighted by Crippen LogP contribution is 2.28. The minimum atomic E-state index is 0.764. The van der Waals surface area contributed by atoms with E-state index in [0.29, 0.717) is 0 Å². The summed E-state index contributed by atoms with van der Waals surface area (Å²) in [5.41, 5.74) is 2.68. The summed E-state index contributed by atoms with van der Waals surface area (Å²) in [6.45, 7) is 6.47. The van der Waals surface area contributed by atoms with Crippen LogP contribution >= 0.6 is 15.9 Å². The van der Waals surface area contributed by atoms with Gasteiger partial charge in [0.1, 0.15) is 0 Å². The highest BCUT2D eigenvalue weighted by molar-refractivity contribution is 9.10. The van der Waals surface area contributed by atoms with Crippen LogP contribution in [0.4, 0.5) is 5.69 Å². The zero-order valence-electron chi connectivity index (χ0n) is 13.5. The van der Waals surface area contributed by atoms with Gasteiger partial charge in [-0.1, -0.05) is 13.0 Å². The van der Waals surface area contributed by atoms with Crippen molar-refractivity contribution in [3.63, 3.8) is 0 Å². The van der Waals surface area contributed by atoms with Gasteiger partial charge in [-0.05, 0) is 67.0 Å². The highest BCUT2D eigenvalue weighted by Gasteiger charge is 2.20. The smallest absolute Gasteiger partial charge is 0.0511 e. The lowest BCUT2D eigenvalue weighted by atomic mass is 10.2. The van der Waals surface area contributed by atoms with E-state index in [0.717, 1.165) is 32.2 Å². The molecule has 1 fully saturated rings. The topological polar surface area (TPSA) is 18.5 Å². The fraction of sp³-hybridized carbons (Fsp3) is 0.647. The first-order chi connectivity index (χ1) is 10.1. The number of halogens is 1. The molecule has 21 heavy (non-hydrogen) atoms. The summed E-state index contributed by atoms with van der Waals surface area (Å²) >= 11 is 3.76. The Balaban J connectivity index is 2.00. The largest absolute Gasteiger partial charge is 0.369 e. The van der Waals surface area contributed by atoms with Crippen LogP contribution in [-0.2, 0) is 6.54 Å². The molecule has 1 aromatic rings. The monoisotopic (exact) mass is 353 g/mol. The highest BCUT2D eigenvalue weighted by atomic mass is 79.9. The van der Waals surface area contributed by atoms with Gasteiger partial charge in [0.2, 0.25) is 0 Å². The minimum Gasteiger partial charge on any atom is -0.369 e. The van der Waals surface area contributed by atoms with E-state index < -0.39 is 0 Å². The van der Waals surface area contributed by atoms with Gasteiger partial charge in [-0.2, -0.15) is 0 Å². The van der Waals surface area contributed by atoms with Gasteiger partial charge in [0.05, 0.1) is 5.69 Å². The van der Waals surface area contributed by atoms with Crippen molar-refractivity contribution in [1.29, 1.82) is 0 Å². The van der Waals surface area contributed by atoms with Crippen LogP contribution in [0, 0.1) is 0 Å². The van der Waals surface area contributed by atoms with Crippen LogP contribution < -0.4 is 10.2 Å². The van der Waals surface area contributed by atoms with Crippen LogP contribution in [0.15, 0.2) is 22.7 Å². The standard InChI is InChI=1S/C17H28BrN3/c1-4-9-21(11-10-20(2)3)17-8-5-14(12-16(17)18)13-19-15-6-7-15/h5,8,12,15,19H,4,6-7,9-11,13H2,1-3H3. The van der Waals surface area contributed by atoms with Gasteiger partial charge in [-0.3, -0.25) is 0 Å². The molecule has 0 atom stereocenters. The molecule has 1 aromatic carbocycles. The van der Waals surface area contributed by atoms with Crippen LogP contribution in [0.3, 0.4) is 0 Å². The number of benzene rings is 1. The van der Waals surface area contributed by atoms with E-state index in [1.807, 2.05) is 0 Å². The molecule has 1 aliphatic carbocycles. The molecular weight excluding hydrogens is 326 g/mol. The predicted molar refractivity (Wildman–Crippen MR) is 95.1 cm³/mol. The summed E-state index contributed by atoms with van der Waals surface area (Å²) in [6.07, 6.45) is 3.85. The lowest BCUT2D eigenvalue weighted by molar-refractivity contribution is 0.413. The third kappa shape index (κ3) is 5.61. The molecule has 118 valence electrons. The maximum atomic E-state index is 3.76. The first-order valence-electron chi connectivity index (χ1n) is 8.01. The van der Waals surface area contributed by atoms with Crippen molar-refractivity contribution in [2.45, 2.75) is 38.8 Å². The van der Waals surface area contributed by atoms with Crippen molar-refractivity contribution in [1.82, 2.24) is 10.2 Å². The number of rotatable bonds is 9. The minimum absolute atomic E-state index is 0.764. The number of hydrogen-bond acceptors (Lipinski definition) is 3. The number of anilines is 1. The van der Waals surface area contributed by atoms with E-state index in [1.54, 1.807) is 0 Å². The molecule has 0 unspecified atom stereocenters. The van der Waals surface area contributed by atoms with E-state index in [-0.39, 0.29) is 0 Å². The van der Waals surface area contributed by atoms with Crippen molar-refractivity contribution in [3.8, 4) is 0 Å². The average molecular weight is 354 g/mol. The Morgan fingerprint density at radius 2 is 1.95 bits per heavy atom. The predicted octanol–water partition coefficient (Wildman–Crippen LogP) is 3.48. The number of nitrogens with zero attached hydrogens (tertiary/aromatic N) is 2. The molecule has 1 saturated carbocycles. The van der Waals surface area contributed by atoms with Gasteiger partial charge in [0.15, 0.2) is 0 Å². The molecule has 0 aliphatic heterocycles. The summed E-state index contributed by atoms with van der Waals surface area (Å²) in [7, 11) is 4.26. The number of hydrogen-bond donors (Lipinski definition) is 1. The molecular formula is C17H28BrN3. The Morgan fingerprint density at radius 1 is 1.19 bits per heavy atom. The summed E-state index contributed by atoms with van der Waals surface area (Å²) < 4.78 is 1.21. The van der Waals surface area contributed by atoms with Crippen LogP contribution in [0.5, 0.6) is 0 Å². The molecule has 0 bridgehead atoms. The summed E-state index contributed by atoms with van der Waals surface area (Å²) in [5, 5.41) is 3.57. The molecule has 4 heteroatoms. The zero-order valence-corrected chi connectivity index (χ0v) is 15.1. The van der Waals surface area contributed by atoms with E-state index in [4.69, 9.17) is 0 Å². The van der Waals surface area contributed by atoms with Gasteiger partial charge >= 0.3 is 0 Å². The lowest BCUT2D eigenvalue weighted by Gasteiger charge is -2.27. The van der Waals surface area contributed by atoms with Gasteiger partial charge in [-0.15, -0.1) is 0 Å². The van der Waals surface area contributed by atoms with Crippen LogP contribution in [0.25, 0.3) is 0 Å². The second-order valence-electron chi connectivity index (χ2n) is 6.23. The quantitative estimate of drug-likeness (QED) is 0.733. The van der Waals surface area contributed by atoms with E-state index in [9.17, 15) is 0 Å². The Kier molecular flexibility index (Phi) is 6.52. The maximum Gasteiger partial charge on any atom is 0.0511 e. The van der Waals surface area contributed by atoms with Crippen molar-refractivity contribution < 1.29 is 0 Å². The molecule has 0 saturated heterocycles. The summed E-state index contributed by atoms with van der Waals surface area (Å²) in [6, 6.07) is 7.55. The Labute approximate surface area is 137 Å². The summed E-state index contributed by atoms with van der Waals surface area (Å²) in [5.74, 6) is 0. The SMILES string of the molecule is CCCN(CCN(C)C)c1ccc(CNC2CC2)cc1Br. The van der Waals surface area contributed by atoms with E-state index in [1.165, 1.54) is 35.0 Å². The molecule has 3 nitrogen and oxygen atoms in total. The van der Waals surface area contributed by atoms with Gasteiger partial charge in [0.25, 0.3) is 0 Å². The van der Waals surface area contributed by atoms with Crippen LogP contribution in [0.1, 0.15) is 31.7 Å². The molecule has 0 amide bonds. The first-order valence-corrected chi connectivity index (χ1v) is 8.81. The third-order valence-electron chi connectivity index (χ3n) is 3.84. The second-order valence-corrected chi connectivity index (χ2v) is 7.09. The first kappa shape index (κ1) is 16.8. The van der Waals surface area contributed by atoms with Crippen molar-refractivity contribution >= 4 is 21.6 Å². The fourth-order valence-electron chi connectivity index (χ4n) is 2.41. The fourth-order valence-corrected chi connectivity index (χ4v) is 3.09. The van der Waals surface area contributed by atoms with E-state index >= 15 is 0 Å². The Bertz CT molecular complexity index is 444. The average Bonchev–Trinajstić information content (AvgIpc) is 3.26. The van der Waals surface area contributed by atoms with Crippen molar-refractivity contribution in [2.24, 2.45) is 0 Å². The van der Waals surface area contributed by atoms with Gasteiger partial charge in [-0.25, -0.2) is 0 Å². The second kappa shape index (κ2) is 8.16. The van der Waals surface area contributed by atoms with Crippen molar-refractivity contribution in [3.05, 3.63) is 28.2 Å². The van der Waals surface area contributed by atoms with E-state index in [2.05, 4.69) is 70.3 Å². The summed E-state index contributed by atoms with van der Waals surface area (Å²) in [4.78, 5) is 4.71. The van der Waals surface area contributed by atoms with Crippen LogP contribution in [0.2, 0.25) is 0 Å². The Hall–Kier alpha value is -0.580.